The molecule has 7 nitrogen and oxygen atoms in total. The lowest BCUT2D eigenvalue weighted by Gasteiger charge is -2.21. The average Bonchev–Trinajstić information content (AvgIpc) is 2.92. The molecule has 0 saturated heterocycles. The van der Waals surface area contributed by atoms with Crippen LogP contribution in [0.1, 0.15) is 20.7 Å². The van der Waals surface area contributed by atoms with E-state index >= 15 is 0 Å². The van der Waals surface area contributed by atoms with Crippen LogP contribution in [0.5, 0.6) is 11.5 Å². The minimum absolute atomic E-state index is 0.319. The second kappa shape index (κ2) is 6.87. The van der Waals surface area contributed by atoms with E-state index < -0.39 is 17.7 Å². The molecule has 7 heteroatoms. The number of rotatable bonds is 5. The first-order chi connectivity index (χ1) is 12.5. The summed E-state index contributed by atoms with van der Waals surface area (Å²) in [7, 11) is 4.60. The van der Waals surface area contributed by atoms with Gasteiger partial charge in [0.1, 0.15) is 6.54 Å². The molecule has 3 rings (SSSR count). The molecular weight excluding hydrogens is 336 g/mol. The van der Waals surface area contributed by atoms with E-state index in [9.17, 15) is 14.4 Å². The summed E-state index contributed by atoms with van der Waals surface area (Å²) in [5.74, 6) is -0.297. The van der Waals surface area contributed by atoms with Crippen LogP contribution in [0.2, 0.25) is 0 Å². The highest BCUT2D eigenvalue weighted by Crippen LogP contribution is 2.31. The van der Waals surface area contributed by atoms with Gasteiger partial charge >= 0.3 is 0 Å². The molecule has 0 fully saturated rings. The monoisotopic (exact) mass is 354 g/mol. The van der Waals surface area contributed by atoms with E-state index in [1.165, 1.54) is 19.1 Å². The summed E-state index contributed by atoms with van der Waals surface area (Å²) >= 11 is 0. The number of ether oxygens (including phenoxy) is 2. The number of benzene rings is 2. The molecule has 2 aromatic carbocycles. The Morgan fingerprint density at radius 3 is 2.08 bits per heavy atom. The van der Waals surface area contributed by atoms with Crippen molar-refractivity contribution in [2.24, 2.45) is 0 Å². The summed E-state index contributed by atoms with van der Waals surface area (Å²) in [5, 5.41) is 0. The number of anilines is 1. The molecule has 1 aliphatic rings. The highest BCUT2D eigenvalue weighted by atomic mass is 16.5. The van der Waals surface area contributed by atoms with Gasteiger partial charge in [-0.25, -0.2) is 0 Å². The van der Waals surface area contributed by atoms with E-state index in [0.717, 1.165) is 4.90 Å². The van der Waals surface area contributed by atoms with Crippen LogP contribution in [-0.2, 0) is 4.79 Å². The fourth-order valence-corrected chi connectivity index (χ4v) is 2.80. The van der Waals surface area contributed by atoms with Crippen LogP contribution in [-0.4, -0.2) is 50.4 Å². The maximum Gasteiger partial charge on any atom is 0.262 e. The summed E-state index contributed by atoms with van der Waals surface area (Å²) in [6.07, 6.45) is 0. The summed E-state index contributed by atoms with van der Waals surface area (Å²) in [5.41, 5.74) is 1.20. The van der Waals surface area contributed by atoms with E-state index in [1.54, 1.807) is 49.5 Å². The van der Waals surface area contributed by atoms with E-state index in [2.05, 4.69) is 0 Å². The third-order valence-corrected chi connectivity index (χ3v) is 4.30. The Kier molecular flexibility index (Phi) is 4.62. The third-order valence-electron chi connectivity index (χ3n) is 4.30. The molecular formula is C19H18N2O5. The van der Waals surface area contributed by atoms with Crippen molar-refractivity contribution in [2.45, 2.75) is 0 Å². The van der Waals surface area contributed by atoms with E-state index in [1.807, 2.05) is 0 Å². The number of amides is 3. The third kappa shape index (κ3) is 2.88. The van der Waals surface area contributed by atoms with Crippen molar-refractivity contribution in [3.8, 4) is 11.5 Å². The van der Waals surface area contributed by atoms with Gasteiger partial charge in [-0.15, -0.1) is 0 Å². The highest BCUT2D eigenvalue weighted by Gasteiger charge is 2.36. The maximum absolute atomic E-state index is 12.6. The fraction of sp³-hybridized carbons (Fsp3) is 0.211. The van der Waals surface area contributed by atoms with Gasteiger partial charge in [-0.2, -0.15) is 0 Å². The van der Waals surface area contributed by atoms with Crippen molar-refractivity contribution >= 4 is 23.4 Å². The first kappa shape index (κ1) is 17.5. The Morgan fingerprint density at radius 2 is 1.54 bits per heavy atom. The molecule has 0 aliphatic carbocycles. The topological polar surface area (TPSA) is 76.2 Å². The standard InChI is InChI=1S/C19H18N2O5/c1-20(12-8-9-15(25-2)16(10-12)26-3)17(22)11-21-18(23)13-6-4-5-7-14(13)19(21)24/h4-10H,11H2,1-3H3. The Hall–Kier alpha value is -3.35. The molecule has 26 heavy (non-hydrogen) atoms. The van der Waals surface area contributed by atoms with Crippen molar-refractivity contribution in [3.05, 3.63) is 53.6 Å². The van der Waals surface area contributed by atoms with Crippen LogP contribution >= 0.6 is 0 Å². The molecule has 0 spiro atoms. The molecule has 0 unspecified atom stereocenters. The quantitative estimate of drug-likeness (QED) is 0.767. The Balaban J connectivity index is 1.79. The SMILES string of the molecule is COc1ccc(N(C)C(=O)CN2C(=O)c3ccccc3C2=O)cc1OC. The molecule has 0 bridgehead atoms. The number of carbonyl (C=O) groups is 3. The Morgan fingerprint density at radius 1 is 0.962 bits per heavy atom. The first-order valence-electron chi connectivity index (χ1n) is 7.91. The van der Waals surface area contributed by atoms with Crippen molar-refractivity contribution < 1.29 is 23.9 Å². The zero-order valence-corrected chi connectivity index (χ0v) is 14.7. The van der Waals surface area contributed by atoms with Crippen molar-refractivity contribution in [1.82, 2.24) is 4.90 Å². The molecule has 3 amide bonds. The smallest absolute Gasteiger partial charge is 0.262 e. The fourth-order valence-electron chi connectivity index (χ4n) is 2.80. The predicted octanol–water partition coefficient (Wildman–Crippen LogP) is 1.96. The largest absolute Gasteiger partial charge is 0.493 e. The normalized spacial score (nSPS) is 12.8. The number of methoxy groups -OCH3 is 2. The Labute approximate surface area is 150 Å². The molecule has 0 N–H and O–H groups in total. The second-order valence-electron chi connectivity index (χ2n) is 5.73. The zero-order valence-electron chi connectivity index (χ0n) is 14.7. The lowest BCUT2D eigenvalue weighted by molar-refractivity contribution is -0.118. The molecule has 0 atom stereocenters. The Bertz CT molecular complexity index is 858. The van der Waals surface area contributed by atoms with Gasteiger partial charge < -0.3 is 14.4 Å². The number of likely N-dealkylation sites (N-methyl/N-ethyl adjacent to an activating group) is 1. The van der Waals surface area contributed by atoms with Gasteiger partial charge in [-0.1, -0.05) is 12.1 Å². The lowest BCUT2D eigenvalue weighted by Crippen LogP contribution is -2.41. The molecule has 0 radical (unpaired) electrons. The number of carbonyl (C=O) groups excluding carboxylic acids is 3. The van der Waals surface area contributed by atoms with Crippen LogP contribution in [0.15, 0.2) is 42.5 Å². The minimum atomic E-state index is -0.459. The van der Waals surface area contributed by atoms with Gasteiger partial charge in [0.2, 0.25) is 5.91 Å². The summed E-state index contributed by atoms with van der Waals surface area (Å²) < 4.78 is 10.4. The summed E-state index contributed by atoms with van der Waals surface area (Å²) in [6, 6.07) is 11.6. The first-order valence-corrected chi connectivity index (χ1v) is 7.91. The maximum atomic E-state index is 12.6. The van der Waals surface area contributed by atoms with Gasteiger partial charge in [0.15, 0.2) is 11.5 Å². The number of imide groups is 1. The van der Waals surface area contributed by atoms with Crippen LogP contribution in [0.25, 0.3) is 0 Å². The van der Waals surface area contributed by atoms with Gasteiger partial charge in [0.05, 0.1) is 25.3 Å². The number of hydrogen-bond donors (Lipinski definition) is 0. The van der Waals surface area contributed by atoms with Gasteiger partial charge in [-0.05, 0) is 24.3 Å². The molecule has 0 saturated carbocycles. The molecule has 1 aliphatic heterocycles. The molecule has 1 heterocycles. The van der Waals surface area contributed by atoms with E-state index in [4.69, 9.17) is 9.47 Å². The van der Waals surface area contributed by atoms with Crippen LogP contribution in [0, 0.1) is 0 Å². The van der Waals surface area contributed by atoms with Crippen LogP contribution in [0.4, 0.5) is 5.69 Å². The minimum Gasteiger partial charge on any atom is -0.493 e. The van der Waals surface area contributed by atoms with Crippen molar-refractivity contribution in [2.75, 3.05) is 32.7 Å². The highest BCUT2D eigenvalue weighted by molar-refractivity contribution is 6.22. The van der Waals surface area contributed by atoms with E-state index in [-0.39, 0.29) is 6.54 Å². The summed E-state index contributed by atoms with van der Waals surface area (Å²) in [4.78, 5) is 39.7. The van der Waals surface area contributed by atoms with Crippen molar-refractivity contribution in [1.29, 1.82) is 0 Å². The van der Waals surface area contributed by atoms with Gasteiger partial charge in [0.25, 0.3) is 11.8 Å². The van der Waals surface area contributed by atoms with Crippen molar-refractivity contribution in [3.63, 3.8) is 0 Å². The number of nitrogens with zero attached hydrogens (tertiary/aromatic N) is 2. The van der Waals surface area contributed by atoms with Crippen LogP contribution in [0.3, 0.4) is 0 Å². The molecule has 134 valence electrons. The number of hydrogen-bond acceptors (Lipinski definition) is 5. The average molecular weight is 354 g/mol. The summed E-state index contributed by atoms with van der Waals surface area (Å²) in [6.45, 7) is -0.336. The molecule has 2 aromatic rings. The zero-order chi connectivity index (χ0) is 18.8. The van der Waals surface area contributed by atoms with Gasteiger partial charge in [0, 0.05) is 18.8 Å². The number of fused-ring (bicyclic) bond motifs is 1. The van der Waals surface area contributed by atoms with Crippen LogP contribution < -0.4 is 14.4 Å². The molecule has 0 aromatic heterocycles. The predicted molar refractivity (Wildman–Crippen MR) is 94.8 cm³/mol. The van der Waals surface area contributed by atoms with Gasteiger partial charge in [-0.3, -0.25) is 19.3 Å². The lowest BCUT2D eigenvalue weighted by atomic mass is 10.1. The van der Waals surface area contributed by atoms with E-state index in [0.29, 0.717) is 28.3 Å². The second-order valence-corrected chi connectivity index (χ2v) is 5.73.